The molecule has 0 spiro atoms. The van der Waals surface area contributed by atoms with Crippen LogP contribution < -0.4 is 11.1 Å². The van der Waals surface area contributed by atoms with Crippen molar-refractivity contribution in [2.45, 2.75) is 57.3 Å². The molecule has 0 aromatic rings. The molecule has 1 aliphatic heterocycles. The zero-order valence-corrected chi connectivity index (χ0v) is 11.2. The van der Waals surface area contributed by atoms with Gasteiger partial charge in [0.25, 0.3) is 0 Å². The van der Waals surface area contributed by atoms with Crippen LogP contribution in [0.2, 0.25) is 0 Å². The Morgan fingerprint density at radius 1 is 1.42 bits per heavy atom. The van der Waals surface area contributed by atoms with Crippen LogP contribution >= 0.6 is 0 Å². The molecule has 2 aliphatic rings. The van der Waals surface area contributed by atoms with E-state index < -0.39 is 17.5 Å². The first-order chi connectivity index (χ1) is 8.93. The fourth-order valence-electron chi connectivity index (χ4n) is 2.92. The molecule has 4 N–H and O–H groups in total. The highest BCUT2D eigenvalue weighted by Gasteiger charge is 2.43. The Hall–Kier alpha value is -1.14. The number of carboxylic acids is 1. The first kappa shape index (κ1) is 14.3. The summed E-state index contributed by atoms with van der Waals surface area (Å²) in [6, 6.07) is -0.0937. The molecular weight excluding hydrogens is 248 g/mol. The van der Waals surface area contributed by atoms with Crippen LogP contribution in [-0.2, 0) is 14.3 Å². The standard InChI is InChI=1S/C13H22N2O4/c1-13(6-2-3-10(13)14)12(18)15-7-8-4-5-9(19-8)11(16)17/h8-10H,2-7,14H2,1H3,(H,15,18)(H,16,17). The Labute approximate surface area is 112 Å². The highest BCUT2D eigenvalue weighted by molar-refractivity contribution is 5.83. The SMILES string of the molecule is CC1(C(=O)NCC2CCC(C(=O)O)O2)CCCC1N. The van der Waals surface area contributed by atoms with Gasteiger partial charge in [-0.1, -0.05) is 6.42 Å². The number of carboxylic acid groups (broad SMARTS) is 1. The number of carbonyl (C=O) groups is 2. The number of rotatable bonds is 4. The lowest BCUT2D eigenvalue weighted by molar-refractivity contribution is -0.149. The van der Waals surface area contributed by atoms with Crippen LogP contribution in [-0.4, -0.2) is 41.8 Å². The zero-order chi connectivity index (χ0) is 14.0. The van der Waals surface area contributed by atoms with E-state index in [9.17, 15) is 9.59 Å². The van der Waals surface area contributed by atoms with Gasteiger partial charge in [0.1, 0.15) is 0 Å². The van der Waals surface area contributed by atoms with Gasteiger partial charge in [0.05, 0.1) is 11.5 Å². The molecule has 2 rings (SSSR count). The third-order valence-electron chi connectivity index (χ3n) is 4.42. The lowest BCUT2D eigenvalue weighted by atomic mass is 9.84. The van der Waals surface area contributed by atoms with Crippen LogP contribution in [0.5, 0.6) is 0 Å². The molecule has 6 nitrogen and oxygen atoms in total. The molecule has 1 saturated heterocycles. The number of hydrogen-bond acceptors (Lipinski definition) is 4. The predicted molar refractivity (Wildman–Crippen MR) is 68.5 cm³/mol. The third-order valence-corrected chi connectivity index (χ3v) is 4.42. The molecule has 1 saturated carbocycles. The van der Waals surface area contributed by atoms with E-state index in [1.165, 1.54) is 0 Å². The summed E-state index contributed by atoms with van der Waals surface area (Å²) in [7, 11) is 0. The molecule has 4 atom stereocenters. The minimum absolute atomic E-state index is 0.0418. The Bertz CT molecular complexity index is 374. The Morgan fingerprint density at radius 3 is 2.68 bits per heavy atom. The summed E-state index contributed by atoms with van der Waals surface area (Å²) in [6.07, 6.45) is 2.91. The van der Waals surface area contributed by atoms with Crippen LogP contribution in [0.3, 0.4) is 0 Å². The van der Waals surface area contributed by atoms with Gasteiger partial charge in [0, 0.05) is 12.6 Å². The van der Waals surface area contributed by atoms with Crippen molar-refractivity contribution in [3.05, 3.63) is 0 Å². The van der Waals surface area contributed by atoms with Crippen molar-refractivity contribution in [3.63, 3.8) is 0 Å². The fraction of sp³-hybridized carbons (Fsp3) is 0.846. The van der Waals surface area contributed by atoms with Crippen molar-refractivity contribution in [2.75, 3.05) is 6.54 Å². The summed E-state index contributed by atoms with van der Waals surface area (Å²) in [5.41, 5.74) is 5.49. The van der Waals surface area contributed by atoms with Crippen molar-refractivity contribution < 1.29 is 19.4 Å². The molecule has 19 heavy (non-hydrogen) atoms. The quantitative estimate of drug-likeness (QED) is 0.680. The van der Waals surface area contributed by atoms with Crippen molar-refractivity contribution >= 4 is 11.9 Å². The molecule has 6 heteroatoms. The Kier molecular flexibility index (Phi) is 4.10. The van der Waals surface area contributed by atoms with Gasteiger partial charge in [-0.25, -0.2) is 4.79 Å². The second kappa shape index (κ2) is 5.46. The van der Waals surface area contributed by atoms with Gasteiger partial charge in [0.2, 0.25) is 5.91 Å². The number of hydrogen-bond donors (Lipinski definition) is 3. The van der Waals surface area contributed by atoms with Gasteiger partial charge in [-0.3, -0.25) is 4.79 Å². The first-order valence-corrected chi connectivity index (χ1v) is 6.85. The minimum Gasteiger partial charge on any atom is -0.479 e. The summed E-state index contributed by atoms with van der Waals surface area (Å²) in [5.74, 6) is -0.974. The molecule has 0 bridgehead atoms. The Balaban J connectivity index is 1.80. The topological polar surface area (TPSA) is 102 Å². The molecule has 2 fully saturated rings. The highest BCUT2D eigenvalue weighted by atomic mass is 16.5. The van der Waals surface area contributed by atoms with Crippen molar-refractivity contribution in [1.29, 1.82) is 0 Å². The summed E-state index contributed by atoms with van der Waals surface area (Å²) in [6.45, 7) is 2.26. The van der Waals surface area contributed by atoms with Gasteiger partial charge in [-0.2, -0.15) is 0 Å². The monoisotopic (exact) mass is 270 g/mol. The maximum Gasteiger partial charge on any atom is 0.332 e. The second-order valence-electron chi connectivity index (χ2n) is 5.79. The number of carbonyl (C=O) groups excluding carboxylic acids is 1. The average Bonchev–Trinajstić information content (AvgIpc) is 2.95. The number of nitrogens with two attached hydrogens (primary N) is 1. The maximum absolute atomic E-state index is 12.2. The lowest BCUT2D eigenvalue weighted by Gasteiger charge is -2.28. The van der Waals surface area contributed by atoms with Gasteiger partial charge >= 0.3 is 5.97 Å². The molecule has 0 aromatic heterocycles. The normalized spacial score (nSPS) is 38.3. The molecule has 108 valence electrons. The van der Waals surface area contributed by atoms with Gasteiger partial charge in [-0.15, -0.1) is 0 Å². The van der Waals surface area contributed by atoms with Crippen LogP contribution in [0.15, 0.2) is 0 Å². The predicted octanol–water partition coefficient (Wildman–Crippen LogP) is 0.252. The molecule has 0 radical (unpaired) electrons. The molecule has 0 aromatic carbocycles. The number of amides is 1. The minimum atomic E-state index is -0.932. The fourth-order valence-corrected chi connectivity index (χ4v) is 2.92. The van der Waals surface area contributed by atoms with Gasteiger partial charge in [0.15, 0.2) is 6.10 Å². The first-order valence-electron chi connectivity index (χ1n) is 6.85. The van der Waals surface area contributed by atoms with Crippen molar-refractivity contribution in [2.24, 2.45) is 11.1 Å². The maximum atomic E-state index is 12.2. The molecule has 1 heterocycles. The smallest absolute Gasteiger partial charge is 0.332 e. The summed E-state index contributed by atoms with van der Waals surface area (Å²) >= 11 is 0. The van der Waals surface area contributed by atoms with Crippen LogP contribution in [0.25, 0.3) is 0 Å². The lowest BCUT2D eigenvalue weighted by Crippen LogP contribution is -2.49. The summed E-state index contributed by atoms with van der Waals surface area (Å²) < 4.78 is 5.35. The van der Waals surface area contributed by atoms with E-state index in [2.05, 4.69) is 5.32 Å². The van der Waals surface area contributed by atoms with E-state index in [-0.39, 0.29) is 18.1 Å². The van der Waals surface area contributed by atoms with Crippen LogP contribution in [0, 0.1) is 5.41 Å². The van der Waals surface area contributed by atoms with Gasteiger partial charge < -0.3 is 20.9 Å². The van der Waals surface area contributed by atoms with E-state index >= 15 is 0 Å². The summed E-state index contributed by atoms with van der Waals surface area (Å²) in [5, 5.41) is 11.7. The van der Waals surface area contributed by atoms with E-state index in [0.717, 1.165) is 19.3 Å². The number of nitrogens with one attached hydrogen (secondary N) is 1. The largest absolute Gasteiger partial charge is 0.479 e. The van der Waals surface area contributed by atoms with Crippen molar-refractivity contribution in [3.8, 4) is 0 Å². The van der Waals surface area contributed by atoms with Crippen LogP contribution in [0.4, 0.5) is 0 Å². The van der Waals surface area contributed by atoms with E-state index in [4.69, 9.17) is 15.6 Å². The zero-order valence-electron chi connectivity index (χ0n) is 11.2. The van der Waals surface area contributed by atoms with Crippen molar-refractivity contribution in [1.82, 2.24) is 5.32 Å². The molecule has 4 unspecified atom stereocenters. The average molecular weight is 270 g/mol. The number of aliphatic carboxylic acids is 1. The van der Waals surface area contributed by atoms with E-state index in [1.54, 1.807) is 0 Å². The van der Waals surface area contributed by atoms with E-state index in [0.29, 0.717) is 19.4 Å². The van der Waals surface area contributed by atoms with E-state index in [1.807, 2.05) is 6.92 Å². The van der Waals surface area contributed by atoms with Gasteiger partial charge in [-0.05, 0) is 32.6 Å². The number of ether oxygens (including phenoxy) is 1. The highest BCUT2D eigenvalue weighted by Crippen LogP contribution is 2.36. The Morgan fingerprint density at radius 2 is 2.16 bits per heavy atom. The third kappa shape index (κ3) is 2.90. The molecule has 1 aliphatic carbocycles. The molecular formula is C13H22N2O4. The molecule has 1 amide bonds. The van der Waals surface area contributed by atoms with Crippen LogP contribution in [0.1, 0.15) is 39.0 Å². The second-order valence-corrected chi connectivity index (χ2v) is 5.79. The summed E-state index contributed by atoms with van der Waals surface area (Å²) in [4.78, 5) is 22.9.